The molecule has 0 N–H and O–H groups in total. The molecule has 0 saturated heterocycles. The van der Waals surface area contributed by atoms with Crippen LogP contribution in [0, 0.1) is 24.4 Å². The highest BCUT2D eigenvalue weighted by Gasteiger charge is 2.28. The molecule has 0 aliphatic rings. The van der Waals surface area contributed by atoms with E-state index in [1.165, 1.54) is 19.1 Å². The Labute approximate surface area is 155 Å². The lowest BCUT2D eigenvalue weighted by Crippen LogP contribution is -2.39. The van der Waals surface area contributed by atoms with Crippen molar-refractivity contribution in [3.8, 4) is 0 Å². The van der Waals surface area contributed by atoms with E-state index >= 15 is 0 Å². The third-order valence-corrected chi connectivity index (χ3v) is 3.58. The van der Waals surface area contributed by atoms with Gasteiger partial charge >= 0.3 is 5.97 Å². The van der Waals surface area contributed by atoms with Gasteiger partial charge in [0.05, 0.1) is 0 Å². The molecule has 0 heterocycles. The van der Waals surface area contributed by atoms with E-state index in [1.807, 2.05) is 0 Å². The van der Waals surface area contributed by atoms with Crippen molar-refractivity contribution in [3.05, 3.63) is 65.0 Å². The minimum absolute atomic E-state index is 0.118. The zero-order chi connectivity index (χ0) is 20.4. The van der Waals surface area contributed by atoms with Crippen LogP contribution < -0.4 is 4.90 Å². The molecular formula is C20H20F3NO3. The van der Waals surface area contributed by atoms with Crippen molar-refractivity contribution in [2.24, 2.45) is 0 Å². The number of carbonyl (C=O) groups excluding carboxylic acids is 2. The van der Waals surface area contributed by atoms with Gasteiger partial charge in [-0.2, -0.15) is 0 Å². The second kappa shape index (κ2) is 7.82. The van der Waals surface area contributed by atoms with Gasteiger partial charge in [-0.3, -0.25) is 14.5 Å². The van der Waals surface area contributed by atoms with Gasteiger partial charge in [0.2, 0.25) is 0 Å². The van der Waals surface area contributed by atoms with Crippen LogP contribution in [0.15, 0.2) is 36.4 Å². The van der Waals surface area contributed by atoms with Gasteiger partial charge in [0, 0.05) is 5.69 Å². The Balaban J connectivity index is 2.47. The van der Waals surface area contributed by atoms with Crippen molar-refractivity contribution in [1.29, 1.82) is 0 Å². The van der Waals surface area contributed by atoms with Crippen molar-refractivity contribution < 1.29 is 27.5 Å². The Morgan fingerprint density at radius 1 is 1.00 bits per heavy atom. The predicted octanol–water partition coefficient (Wildman–Crippen LogP) is 4.40. The lowest BCUT2D eigenvalue weighted by molar-refractivity contribution is -0.152. The molecule has 0 fully saturated rings. The number of ether oxygens (including phenoxy) is 1. The van der Waals surface area contributed by atoms with Crippen LogP contribution in [0.5, 0.6) is 0 Å². The van der Waals surface area contributed by atoms with Gasteiger partial charge in [-0.25, -0.2) is 13.2 Å². The molecule has 0 aromatic heterocycles. The van der Waals surface area contributed by atoms with Crippen molar-refractivity contribution in [3.63, 3.8) is 0 Å². The van der Waals surface area contributed by atoms with E-state index < -0.39 is 47.0 Å². The largest absolute Gasteiger partial charge is 0.459 e. The molecule has 144 valence electrons. The topological polar surface area (TPSA) is 46.6 Å². The number of aryl methyl sites for hydroxylation is 1. The summed E-state index contributed by atoms with van der Waals surface area (Å²) in [6.45, 7) is 5.83. The zero-order valence-electron chi connectivity index (χ0n) is 15.5. The van der Waals surface area contributed by atoms with Crippen LogP contribution in [0.2, 0.25) is 0 Å². The highest BCUT2D eigenvalue weighted by Crippen LogP contribution is 2.23. The van der Waals surface area contributed by atoms with Crippen LogP contribution in [-0.2, 0) is 9.53 Å². The fourth-order valence-corrected chi connectivity index (χ4v) is 2.42. The summed E-state index contributed by atoms with van der Waals surface area (Å²) in [4.78, 5) is 25.9. The zero-order valence-corrected chi connectivity index (χ0v) is 15.5. The maximum Gasteiger partial charge on any atom is 0.326 e. The average Bonchev–Trinajstić information content (AvgIpc) is 2.53. The van der Waals surface area contributed by atoms with E-state index in [9.17, 15) is 22.8 Å². The average molecular weight is 379 g/mol. The number of hydrogen-bond donors (Lipinski definition) is 0. The lowest BCUT2D eigenvalue weighted by Gasteiger charge is -2.26. The van der Waals surface area contributed by atoms with E-state index in [1.54, 1.807) is 20.8 Å². The quantitative estimate of drug-likeness (QED) is 0.740. The second-order valence-electron chi connectivity index (χ2n) is 7.01. The van der Waals surface area contributed by atoms with E-state index in [2.05, 4.69) is 0 Å². The summed E-state index contributed by atoms with van der Waals surface area (Å²) in [5, 5.41) is 0. The van der Waals surface area contributed by atoms with Crippen LogP contribution in [-0.4, -0.2) is 24.0 Å². The molecule has 0 radical (unpaired) electrons. The number of benzene rings is 2. The lowest BCUT2D eigenvalue weighted by atomic mass is 10.1. The van der Waals surface area contributed by atoms with Gasteiger partial charge in [-0.05, 0) is 63.6 Å². The molecule has 0 atom stereocenters. The van der Waals surface area contributed by atoms with Crippen LogP contribution in [0.3, 0.4) is 0 Å². The highest BCUT2D eigenvalue weighted by molar-refractivity contribution is 6.08. The summed E-state index contributed by atoms with van der Waals surface area (Å²) in [6, 6.07) is 6.69. The fraction of sp³-hybridized carbons (Fsp3) is 0.300. The Morgan fingerprint density at radius 3 is 2.11 bits per heavy atom. The molecule has 1 amide bonds. The third kappa shape index (κ3) is 5.09. The molecule has 0 saturated carbocycles. The first-order chi connectivity index (χ1) is 12.5. The Hall–Kier alpha value is -2.83. The minimum Gasteiger partial charge on any atom is -0.459 e. The van der Waals surface area contributed by atoms with E-state index in [0.717, 1.165) is 29.2 Å². The molecule has 0 spiro atoms. The Morgan fingerprint density at radius 2 is 1.59 bits per heavy atom. The van der Waals surface area contributed by atoms with Crippen LogP contribution >= 0.6 is 0 Å². The first-order valence-corrected chi connectivity index (χ1v) is 8.23. The van der Waals surface area contributed by atoms with Crippen molar-refractivity contribution >= 4 is 17.6 Å². The normalized spacial score (nSPS) is 11.2. The number of nitrogens with zero attached hydrogens (tertiary/aromatic N) is 1. The standard InChI is InChI=1S/C20H20F3NO3/c1-12-10-13(8-9-14(12)21)24(11-17(25)27-20(2,3)4)19(26)18-15(22)6-5-7-16(18)23/h5-10H,11H2,1-4H3. The van der Waals surface area contributed by atoms with E-state index in [-0.39, 0.29) is 11.3 Å². The molecule has 2 aromatic carbocycles. The fourth-order valence-electron chi connectivity index (χ4n) is 2.42. The van der Waals surface area contributed by atoms with Gasteiger partial charge < -0.3 is 4.74 Å². The van der Waals surface area contributed by atoms with Gasteiger partial charge in [-0.15, -0.1) is 0 Å². The highest BCUT2D eigenvalue weighted by atomic mass is 19.1. The maximum atomic E-state index is 14.1. The number of anilines is 1. The number of rotatable bonds is 4. The van der Waals surface area contributed by atoms with Gasteiger partial charge in [0.15, 0.2) is 0 Å². The molecule has 27 heavy (non-hydrogen) atoms. The molecule has 4 nitrogen and oxygen atoms in total. The SMILES string of the molecule is Cc1cc(N(CC(=O)OC(C)(C)C)C(=O)c2c(F)cccc2F)ccc1F. The number of carbonyl (C=O) groups is 2. The summed E-state index contributed by atoms with van der Waals surface area (Å²) in [5.41, 5.74) is -1.28. The smallest absolute Gasteiger partial charge is 0.326 e. The van der Waals surface area contributed by atoms with E-state index in [4.69, 9.17) is 4.74 Å². The van der Waals surface area contributed by atoms with E-state index in [0.29, 0.717) is 0 Å². The predicted molar refractivity (Wildman–Crippen MR) is 95.0 cm³/mol. The number of halogens is 3. The van der Waals surface area contributed by atoms with Gasteiger partial charge in [0.1, 0.15) is 35.2 Å². The summed E-state index contributed by atoms with van der Waals surface area (Å²) in [6.07, 6.45) is 0. The monoisotopic (exact) mass is 379 g/mol. The van der Waals surface area contributed by atoms with Crippen molar-refractivity contribution in [2.75, 3.05) is 11.4 Å². The molecule has 0 bridgehead atoms. The Kier molecular flexibility index (Phi) is 5.93. The first kappa shape index (κ1) is 20.5. The van der Waals surface area contributed by atoms with Crippen molar-refractivity contribution in [1.82, 2.24) is 0 Å². The number of hydrogen-bond acceptors (Lipinski definition) is 3. The summed E-state index contributed by atoms with van der Waals surface area (Å²) in [5.74, 6) is -4.47. The van der Waals surface area contributed by atoms with Gasteiger partial charge in [0.25, 0.3) is 5.91 Å². The van der Waals surface area contributed by atoms with Crippen molar-refractivity contribution in [2.45, 2.75) is 33.3 Å². The molecule has 2 rings (SSSR count). The molecule has 2 aromatic rings. The van der Waals surface area contributed by atoms with Gasteiger partial charge in [-0.1, -0.05) is 6.07 Å². The molecule has 0 aliphatic heterocycles. The summed E-state index contributed by atoms with van der Waals surface area (Å²) in [7, 11) is 0. The Bertz CT molecular complexity index is 855. The summed E-state index contributed by atoms with van der Waals surface area (Å²) < 4.78 is 46.9. The molecule has 7 heteroatoms. The first-order valence-electron chi connectivity index (χ1n) is 8.23. The number of esters is 1. The number of amides is 1. The third-order valence-electron chi connectivity index (χ3n) is 3.58. The summed E-state index contributed by atoms with van der Waals surface area (Å²) >= 11 is 0. The maximum absolute atomic E-state index is 14.1. The molecule has 0 aliphatic carbocycles. The molecular weight excluding hydrogens is 359 g/mol. The van der Waals surface area contributed by atoms with Crippen LogP contribution in [0.1, 0.15) is 36.7 Å². The van der Waals surface area contributed by atoms with Crippen LogP contribution in [0.25, 0.3) is 0 Å². The molecule has 0 unspecified atom stereocenters. The second-order valence-corrected chi connectivity index (χ2v) is 7.01. The minimum atomic E-state index is -1.07. The van der Waals surface area contributed by atoms with Crippen LogP contribution in [0.4, 0.5) is 18.9 Å².